The summed E-state index contributed by atoms with van der Waals surface area (Å²) >= 11 is 0. The molecule has 0 saturated carbocycles. The van der Waals surface area contributed by atoms with Gasteiger partial charge >= 0.3 is 0 Å². The van der Waals surface area contributed by atoms with Crippen LogP contribution in [-0.4, -0.2) is 40.9 Å². The summed E-state index contributed by atoms with van der Waals surface area (Å²) in [4.78, 5) is 3.90. The highest BCUT2D eigenvalue weighted by Crippen LogP contribution is 2.14. The van der Waals surface area contributed by atoms with E-state index in [9.17, 15) is 0 Å². The number of nitrogens with two attached hydrogens (primary N) is 1. The lowest BCUT2D eigenvalue weighted by Gasteiger charge is -2.21. The van der Waals surface area contributed by atoms with Gasteiger partial charge in [0.1, 0.15) is 0 Å². The number of hydrogen-bond donors (Lipinski definition) is 3. The summed E-state index contributed by atoms with van der Waals surface area (Å²) in [7, 11) is 0. The van der Waals surface area contributed by atoms with E-state index in [4.69, 9.17) is 10.8 Å². The molecule has 0 amide bonds. The molecule has 1 saturated heterocycles. The maximum absolute atomic E-state index is 8.60. The summed E-state index contributed by atoms with van der Waals surface area (Å²) in [5, 5.41) is 11.9. The third-order valence-corrected chi connectivity index (χ3v) is 3.18. The molecule has 18 heavy (non-hydrogen) atoms. The Labute approximate surface area is 109 Å². The van der Waals surface area contributed by atoms with Crippen LogP contribution in [0.1, 0.15) is 25.7 Å². The maximum Gasteiger partial charge on any atom is 0.0945 e. The Morgan fingerprint density at radius 2 is 2.17 bits per heavy atom. The topological polar surface area (TPSA) is 76.1 Å². The molecule has 0 unspecified atom stereocenters. The van der Waals surface area contributed by atoms with Gasteiger partial charge in [0, 0.05) is 25.5 Å². The van der Waals surface area contributed by atoms with Crippen molar-refractivity contribution in [1.29, 1.82) is 0 Å². The Balaban J connectivity index is 0.000000180. The second-order valence-electron chi connectivity index (χ2n) is 4.65. The molecule has 0 radical (unpaired) electrons. The Morgan fingerprint density at radius 1 is 1.39 bits per heavy atom. The average Bonchev–Trinajstić information content (AvgIpc) is 2.92. The van der Waals surface area contributed by atoms with Gasteiger partial charge in [-0.2, -0.15) is 0 Å². The molecule has 5 heteroatoms. The Bertz CT molecular complexity index is 268. The first kappa shape index (κ1) is 15.1. The number of hydrogen-bond acceptors (Lipinski definition) is 4. The third kappa shape index (κ3) is 6.74. The number of aryl methyl sites for hydroxylation is 1. The fourth-order valence-corrected chi connectivity index (χ4v) is 2.05. The van der Waals surface area contributed by atoms with E-state index in [1.165, 1.54) is 12.8 Å². The van der Waals surface area contributed by atoms with Crippen LogP contribution in [0.5, 0.6) is 0 Å². The highest BCUT2D eigenvalue weighted by molar-refractivity contribution is 4.73. The van der Waals surface area contributed by atoms with Crippen molar-refractivity contribution in [3.63, 3.8) is 0 Å². The molecule has 0 bridgehead atoms. The van der Waals surface area contributed by atoms with E-state index in [1.807, 2.05) is 10.8 Å². The van der Waals surface area contributed by atoms with Gasteiger partial charge in [0.15, 0.2) is 0 Å². The molecule has 1 fully saturated rings. The van der Waals surface area contributed by atoms with Crippen molar-refractivity contribution in [3.8, 4) is 0 Å². The van der Waals surface area contributed by atoms with E-state index in [0.29, 0.717) is 6.61 Å². The van der Waals surface area contributed by atoms with Crippen LogP contribution in [0.2, 0.25) is 0 Å². The van der Waals surface area contributed by atoms with Crippen LogP contribution in [0.15, 0.2) is 18.7 Å². The van der Waals surface area contributed by atoms with Crippen LogP contribution in [0.4, 0.5) is 0 Å². The molecule has 0 spiro atoms. The van der Waals surface area contributed by atoms with Crippen LogP contribution in [-0.2, 0) is 6.54 Å². The van der Waals surface area contributed by atoms with E-state index in [2.05, 4.69) is 10.3 Å². The van der Waals surface area contributed by atoms with Gasteiger partial charge in [0.25, 0.3) is 0 Å². The zero-order valence-electron chi connectivity index (χ0n) is 11.1. The smallest absolute Gasteiger partial charge is 0.0945 e. The molecular weight excluding hydrogens is 228 g/mol. The molecule has 0 aromatic carbocycles. The molecule has 1 aliphatic heterocycles. The first-order valence-electron chi connectivity index (χ1n) is 6.84. The summed E-state index contributed by atoms with van der Waals surface area (Å²) in [6.07, 6.45) is 10.0. The number of aromatic nitrogens is 2. The van der Waals surface area contributed by atoms with Crippen LogP contribution < -0.4 is 11.1 Å². The summed E-state index contributed by atoms with van der Waals surface area (Å²) in [6.45, 7) is 4.38. The Hall–Kier alpha value is -0.910. The van der Waals surface area contributed by atoms with Gasteiger partial charge in [0.2, 0.25) is 0 Å². The average molecular weight is 254 g/mol. The summed E-state index contributed by atoms with van der Waals surface area (Å²) in [5.41, 5.74) is 5.31. The molecule has 1 aromatic rings. The van der Waals surface area contributed by atoms with E-state index < -0.39 is 0 Å². The van der Waals surface area contributed by atoms with E-state index in [1.54, 1.807) is 12.5 Å². The molecule has 4 N–H and O–H groups in total. The molecule has 2 rings (SSSR count). The predicted octanol–water partition coefficient (Wildman–Crippen LogP) is 0.600. The summed E-state index contributed by atoms with van der Waals surface area (Å²) in [5.74, 6) is 0.788. The molecule has 0 aliphatic carbocycles. The van der Waals surface area contributed by atoms with Crippen molar-refractivity contribution in [3.05, 3.63) is 18.7 Å². The largest absolute Gasteiger partial charge is 0.396 e. The minimum Gasteiger partial charge on any atom is -0.396 e. The zero-order chi connectivity index (χ0) is 13.1. The quantitative estimate of drug-likeness (QED) is 0.719. The van der Waals surface area contributed by atoms with Gasteiger partial charge < -0.3 is 20.7 Å². The van der Waals surface area contributed by atoms with Crippen LogP contribution in [0.25, 0.3) is 0 Å². The molecule has 2 heterocycles. The number of rotatable bonds is 5. The number of imidazole rings is 1. The normalized spacial score (nSPS) is 16.1. The molecule has 0 atom stereocenters. The molecule has 1 aliphatic rings. The highest BCUT2D eigenvalue weighted by Gasteiger charge is 2.10. The number of nitrogens with one attached hydrogen (secondary N) is 1. The van der Waals surface area contributed by atoms with Crippen molar-refractivity contribution >= 4 is 0 Å². The van der Waals surface area contributed by atoms with Crippen LogP contribution in [0, 0.1) is 5.92 Å². The SMILES string of the molecule is NCCCn1ccnc1.OCCC1CCNCC1. The second-order valence-corrected chi connectivity index (χ2v) is 4.65. The zero-order valence-corrected chi connectivity index (χ0v) is 11.1. The van der Waals surface area contributed by atoms with E-state index in [-0.39, 0.29) is 0 Å². The van der Waals surface area contributed by atoms with Gasteiger partial charge in [-0.25, -0.2) is 4.98 Å². The Morgan fingerprint density at radius 3 is 2.72 bits per heavy atom. The maximum atomic E-state index is 8.60. The van der Waals surface area contributed by atoms with Crippen molar-refractivity contribution < 1.29 is 5.11 Å². The summed E-state index contributed by atoms with van der Waals surface area (Å²) < 4.78 is 2.02. The fraction of sp³-hybridized carbons (Fsp3) is 0.769. The lowest BCUT2D eigenvalue weighted by atomic mass is 9.95. The first-order valence-corrected chi connectivity index (χ1v) is 6.84. The fourth-order valence-electron chi connectivity index (χ4n) is 2.05. The Kier molecular flexibility index (Phi) is 8.46. The van der Waals surface area contributed by atoms with Gasteiger partial charge in [-0.3, -0.25) is 0 Å². The third-order valence-electron chi connectivity index (χ3n) is 3.18. The minimum absolute atomic E-state index is 0.366. The van der Waals surface area contributed by atoms with Gasteiger partial charge in [-0.05, 0) is 51.2 Å². The second kappa shape index (κ2) is 10.1. The standard InChI is InChI=1S/C7H15NO.C6H11N3/c9-6-3-7-1-4-8-5-2-7;7-2-1-4-9-5-3-8-6-9/h7-9H,1-6H2;3,5-6H,1-2,4,7H2. The van der Waals surface area contributed by atoms with Gasteiger partial charge in [-0.15, -0.1) is 0 Å². The van der Waals surface area contributed by atoms with Crippen molar-refractivity contribution in [2.75, 3.05) is 26.2 Å². The van der Waals surface area contributed by atoms with Crippen LogP contribution in [0.3, 0.4) is 0 Å². The monoisotopic (exact) mass is 254 g/mol. The van der Waals surface area contributed by atoms with Crippen LogP contribution >= 0.6 is 0 Å². The number of aliphatic hydroxyl groups is 1. The van der Waals surface area contributed by atoms with Crippen molar-refractivity contribution in [2.45, 2.75) is 32.2 Å². The van der Waals surface area contributed by atoms with Gasteiger partial charge in [-0.1, -0.05) is 0 Å². The van der Waals surface area contributed by atoms with E-state index >= 15 is 0 Å². The molecule has 1 aromatic heterocycles. The number of nitrogens with zero attached hydrogens (tertiary/aromatic N) is 2. The van der Waals surface area contributed by atoms with Crippen molar-refractivity contribution in [2.24, 2.45) is 11.7 Å². The molecule has 5 nitrogen and oxygen atoms in total. The lowest BCUT2D eigenvalue weighted by molar-refractivity contribution is 0.235. The predicted molar refractivity (Wildman–Crippen MR) is 73.2 cm³/mol. The van der Waals surface area contributed by atoms with E-state index in [0.717, 1.165) is 44.9 Å². The first-order chi connectivity index (χ1) is 8.86. The minimum atomic E-state index is 0.366. The molecule has 104 valence electrons. The highest BCUT2D eigenvalue weighted by atomic mass is 16.3. The number of aliphatic hydroxyl groups excluding tert-OH is 1. The summed E-state index contributed by atoms with van der Waals surface area (Å²) in [6, 6.07) is 0. The number of piperidine rings is 1. The lowest BCUT2D eigenvalue weighted by Crippen LogP contribution is -2.28. The van der Waals surface area contributed by atoms with Gasteiger partial charge in [0.05, 0.1) is 6.33 Å². The molecular formula is C13H26N4O. The van der Waals surface area contributed by atoms with Crippen molar-refractivity contribution in [1.82, 2.24) is 14.9 Å².